The van der Waals surface area contributed by atoms with Crippen LogP contribution in [0.2, 0.25) is 0 Å². The standard InChI is InChI=1S/C13H12F3NO3S2/c1-8-3-4-9(5-17-8)10-6-21-12(13(14,15)16)11(10)7-22(18,19)20-2/h3-6H,7H2,1-2H3. The van der Waals surface area contributed by atoms with Crippen molar-refractivity contribution < 1.29 is 25.8 Å². The van der Waals surface area contributed by atoms with Crippen LogP contribution in [-0.2, 0) is 26.2 Å². The average molecular weight is 351 g/mol. The maximum Gasteiger partial charge on any atom is 0.425 e. The molecule has 0 spiro atoms. The van der Waals surface area contributed by atoms with E-state index in [1.165, 1.54) is 11.6 Å². The second kappa shape index (κ2) is 5.98. The van der Waals surface area contributed by atoms with Gasteiger partial charge in [0.15, 0.2) is 0 Å². The number of nitrogens with zero attached hydrogens (tertiary/aromatic N) is 1. The Morgan fingerprint density at radius 1 is 1.32 bits per heavy atom. The van der Waals surface area contributed by atoms with E-state index in [0.717, 1.165) is 7.11 Å². The smallest absolute Gasteiger partial charge is 0.273 e. The van der Waals surface area contributed by atoms with Crippen molar-refractivity contribution in [3.63, 3.8) is 0 Å². The zero-order valence-electron chi connectivity index (χ0n) is 11.6. The minimum Gasteiger partial charge on any atom is -0.273 e. The Bertz CT molecular complexity index is 765. The van der Waals surface area contributed by atoms with E-state index in [-0.39, 0.29) is 11.1 Å². The summed E-state index contributed by atoms with van der Waals surface area (Å²) in [6.45, 7) is 1.74. The van der Waals surface area contributed by atoms with Gasteiger partial charge in [0.25, 0.3) is 10.1 Å². The van der Waals surface area contributed by atoms with E-state index in [0.29, 0.717) is 22.6 Å². The quantitative estimate of drug-likeness (QED) is 0.790. The first-order chi connectivity index (χ1) is 10.1. The van der Waals surface area contributed by atoms with E-state index in [2.05, 4.69) is 9.17 Å². The molecule has 0 atom stereocenters. The van der Waals surface area contributed by atoms with Crippen LogP contribution >= 0.6 is 11.3 Å². The van der Waals surface area contributed by atoms with Crippen molar-refractivity contribution >= 4 is 21.5 Å². The summed E-state index contributed by atoms with van der Waals surface area (Å²) in [6.07, 6.45) is -3.21. The summed E-state index contributed by atoms with van der Waals surface area (Å²) in [5.74, 6) is -0.842. The zero-order valence-corrected chi connectivity index (χ0v) is 13.3. The molecule has 0 saturated heterocycles. The lowest BCUT2D eigenvalue weighted by molar-refractivity contribution is -0.134. The lowest BCUT2D eigenvalue weighted by Crippen LogP contribution is -2.12. The van der Waals surface area contributed by atoms with Crippen molar-refractivity contribution in [2.24, 2.45) is 0 Å². The fourth-order valence-electron chi connectivity index (χ4n) is 1.87. The topological polar surface area (TPSA) is 56.3 Å². The van der Waals surface area contributed by atoms with Crippen molar-refractivity contribution in [3.8, 4) is 11.1 Å². The van der Waals surface area contributed by atoms with Crippen molar-refractivity contribution in [2.75, 3.05) is 7.11 Å². The van der Waals surface area contributed by atoms with Crippen LogP contribution < -0.4 is 0 Å². The van der Waals surface area contributed by atoms with Crippen LogP contribution in [0.4, 0.5) is 13.2 Å². The van der Waals surface area contributed by atoms with Crippen LogP contribution in [-0.4, -0.2) is 20.5 Å². The van der Waals surface area contributed by atoms with Gasteiger partial charge in [0, 0.05) is 23.0 Å². The lowest BCUT2D eigenvalue weighted by Gasteiger charge is -2.10. The highest BCUT2D eigenvalue weighted by atomic mass is 32.2. The number of halogens is 3. The Kier molecular flexibility index (Phi) is 4.59. The molecule has 2 rings (SSSR count). The molecule has 2 aromatic rings. The van der Waals surface area contributed by atoms with Crippen molar-refractivity contribution in [1.29, 1.82) is 0 Å². The summed E-state index contributed by atoms with van der Waals surface area (Å²) in [7, 11) is -3.16. The number of aryl methyl sites for hydroxylation is 1. The summed E-state index contributed by atoms with van der Waals surface area (Å²) < 4.78 is 66.7. The van der Waals surface area contributed by atoms with Crippen LogP contribution in [0, 0.1) is 6.92 Å². The van der Waals surface area contributed by atoms with Gasteiger partial charge in [0.1, 0.15) is 10.6 Å². The Morgan fingerprint density at radius 2 is 2.00 bits per heavy atom. The van der Waals surface area contributed by atoms with E-state index in [1.807, 2.05) is 0 Å². The molecule has 0 bridgehead atoms. The van der Waals surface area contributed by atoms with Crippen LogP contribution in [0.1, 0.15) is 16.1 Å². The van der Waals surface area contributed by atoms with Gasteiger partial charge < -0.3 is 0 Å². The van der Waals surface area contributed by atoms with E-state index in [1.54, 1.807) is 19.1 Å². The van der Waals surface area contributed by atoms with Crippen LogP contribution in [0.3, 0.4) is 0 Å². The van der Waals surface area contributed by atoms with Gasteiger partial charge in [-0.05, 0) is 23.9 Å². The molecule has 120 valence electrons. The third-order valence-electron chi connectivity index (χ3n) is 2.95. The zero-order chi connectivity index (χ0) is 16.5. The van der Waals surface area contributed by atoms with Gasteiger partial charge >= 0.3 is 6.18 Å². The minimum absolute atomic E-state index is 0.199. The van der Waals surface area contributed by atoms with Gasteiger partial charge in [0.2, 0.25) is 0 Å². The molecule has 0 radical (unpaired) electrons. The third kappa shape index (κ3) is 3.65. The molecule has 0 amide bonds. The van der Waals surface area contributed by atoms with Crippen LogP contribution in [0.25, 0.3) is 11.1 Å². The second-order valence-corrected chi connectivity index (χ2v) is 7.13. The highest BCUT2D eigenvalue weighted by Gasteiger charge is 2.37. The molecule has 9 heteroatoms. The highest BCUT2D eigenvalue weighted by Crippen LogP contribution is 2.42. The summed E-state index contributed by atoms with van der Waals surface area (Å²) in [4.78, 5) is 3.09. The summed E-state index contributed by atoms with van der Waals surface area (Å²) in [6, 6.07) is 3.25. The summed E-state index contributed by atoms with van der Waals surface area (Å²) in [5.41, 5.74) is 1.02. The number of thiophene rings is 1. The molecule has 4 nitrogen and oxygen atoms in total. The number of pyridine rings is 1. The molecular formula is C13H12F3NO3S2. The summed E-state index contributed by atoms with van der Waals surface area (Å²) >= 11 is 0.461. The second-order valence-electron chi connectivity index (χ2n) is 4.51. The van der Waals surface area contributed by atoms with Gasteiger partial charge in [-0.1, -0.05) is 6.07 Å². The van der Waals surface area contributed by atoms with Crippen molar-refractivity contribution in [1.82, 2.24) is 4.98 Å². The molecule has 22 heavy (non-hydrogen) atoms. The number of alkyl halides is 3. The van der Waals surface area contributed by atoms with Gasteiger partial charge in [0.05, 0.1) is 7.11 Å². The number of hydrogen-bond acceptors (Lipinski definition) is 5. The third-order valence-corrected chi connectivity index (χ3v) is 5.17. The fourth-order valence-corrected chi connectivity index (χ4v) is 3.70. The fraction of sp³-hybridized carbons (Fsp3) is 0.308. The van der Waals surface area contributed by atoms with E-state index < -0.39 is 26.9 Å². The van der Waals surface area contributed by atoms with Gasteiger partial charge in [-0.15, -0.1) is 11.3 Å². The van der Waals surface area contributed by atoms with Crippen molar-refractivity contribution in [3.05, 3.63) is 39.8 Å². The maximum absolute atomic E-state index is 13.1. The monoisotopic (exact) mass is 351 g/mol. The first-order valence-electron chi connectivity index (χ1n) is 6.03. The number of hydrogen-bond donors (Lipinski definition) is 0. The van der Waals surface area contributed by atoms with E-state index >= 15 is 0 Å². The first-order valence-corrected chi connectivity index (χ1v) is 8.48. The molecule has 2 aromatic heterocycles. The largest absolute Gasteiger partial charge is 0.425 e. The van der Waals surface area contributed by atoms with Crippen molar-refractivity contribution in [2.45, 2.75) is 18.9 Å². The molecule has 0 fully saturated rings. The predicted molar refractivity (Wildman–Crippen MR) is 76.9 cm³/mol. The Labute approximate surface area is 129 Å². The highest BCUT2D eigenvalue weighted by molar-refractivity contribution is 7.85. The molecule has 0 aliphatic rings. The Balaban J connectivity index is 2.60. The molecule has 0 aliphatic heterocycles. The Hall–Kier alpha value is -1.45. The van der Waals surface area contributed by atoms with E-state index in [9.17, 15) is 21.6 Å². The predicted octanol–water partition coefficient (Wildman–Crippen LogP) is 3.61. The normalized spacial score (nSPS) is 12.6. The maximum atomic E-state index is 13.1. The number of rotatable bonds is 4. The Morgan fingerprint density at radius 3 is 2.50 bits per heavy atom. The summed E-state index contributed by atoms with van der Waals surface area (Å²) in [5, 5.41) is 1.29. The molecule has 0 aromatic carbocycles. The SMILES string of the molecule is COS(=O)(=O)Cc1c(-c2ccc(C)nc2)csc1C(F)(F)F. The van der Waals surface area contributed by atoms with Gasteiger partial charge in [-0.25, -0.2) is 0 Å². The lowest BCUT2D eigenvalue weighted by atomic mass is 10.1. The van der Waals surface area contributed by atoms with Crippen LogP contribution in [0.5, 0.6) is 0 Å². The van der Waals surface area contributed by atoms with Crippen LogP contribution in [0.15, 0.2) is 23.7 Å². The molecule has 0 N–H and O–H groups in total. The molecular weight excluding hydrogens is 339 g/mol. The molecule has 0 aliphatic carbocycles. The van der Waals surface area contributed by atoms with Gasteiger partial charge in [-0.3, -0.25) is 9.17 Å². The van der Waals surface area contributed by atoms with Gasteiger partial charge in [-0.2, -0.15) is 21.6 Å². The average Bonchev–Trinajstić information content (AvgIpc) is 2.82. The van der Waals surface area contributed by atoms with E-state index in [4.69, 9.17) is 0 Å². The first kappa shape index (κ1) is 16.9. The minimum atomic E-state index is -4.63. The molecule has 0 unspecified atom stereocenters. The molecule has 2 heterocycles. The number of aromatic nitrogens is 1. The molecule has 0 saturated carbocycles.